The second-order valence-electron chi connectivity index (χ2n) is 5.79. The third-order valence-corrected chi connectivity index (χ3v) is 4.07. The average Bonchev–Trinajstić information content (AvgIpc) is 2.95. The maximum Gasteiger partial charge on any atom is 0.225 e. The Hall–Kier alpha value is -2.70. The predicted molar refractivity (Wildman–Crippen MR) is 87.4 cm³/mol. The number of aromatic nitrogens is 3. The van der Waals surface area contributed by atoms with E-state index in [1.54, 1.807) is 18.5 Å². The molecule has 0 bridgehead atoms. The number of rotatable bonds is 4. The van der Waals surface area contributed by atoms with E-state index in [0.717, 1.165) is 12.4 Å². The smallest absolute Gasteiger partial charge is 0.225 e. The Morgan fingerprint density at radius 1 is 1.30 bits per heavy atom. The molecule has 1 aliphatic heterocycles. The van der Waals surface area contributed by atoms with Crippen molar-refractivity contribution in [3.8, 4) is 0 Å². The lowest BCUT2D eigenvalue weighted by Crippen LogP contribution is -2.34. The van der Waals surface area contributed by atoms with Crippen LogP contribution in [-0.2, 0) is 11.3 Å². The molecule has 3 N–H and O–H groups in total. The molecule has 23 heavy (non-hydrogen) atoms. The van der Waals surface area contributed by atoms with Crippen molar-refractivity contribution < 1.29 is 4.79 Å². The van der Waals surface area contributed by atoms with Crippen molar-refractivity contribution in [3.05, 3.63) is 42.5 Å². The number of anilines is 2. The molecule has 0 saturated carbocycles. The first-order valence-electron chi connectivity index (χ1n) is 7.64. The zero-order chi connectivity index (χ0) is 16.2. The zero-order valence-electron chi connectivity index (χ0n) is 13.0. The minimum Gasteiger partial charge on any atom is -0.384 e. The third-order valence-electron chi connectivity index (χ3n) is 4.07. The van der Waals surface area contributed by atoms with E-state index in [4.69, 9.17) is 5.73 Å². The molecule has 0 unspecified atom stereocenters. The second kappa shape index (κ2) is 6.60. The second-order valence-corrected chi connectivity index (χ2v) is 5.79. The first-order valence-corrected chi connectivity index (χ1v) is 7.64. The topological polar surface area (TPSA) is 97.0 Å². The van der Waals surface area contributed by atoms with E-state index in [0.29, 0.717) is 18.2 Å². The summed E-state index contributed by atoms with van der Waals surface area (Å²) in [5.74, 6) is 2.04. The molecule has 7 heteroatoms. The summed E-state index contributed by atoms with van der Waals surface area (Å²) in [4.78, 5) is 27.1. The molecular weight excluding hydrogens is 292 g/mol. The Kier molecular flexibility index (Phi) is 4.36. The van der Waals surface area contributed by atoms with Gasteiger partial charge in [0.15, 0.2) is 0 Å². The zero-order valence-corrected chi connectivity index (χ0v) is 13.0. The molecule has 2 aromatic rings. The van der Waals surface area contributed by atoms with Crippen molar-refractivity contribution in [2.45, 2.75) is 13.5 Å². The van der Waals surface area contributed by atoms with Crippen LogP contribution < -0.4 is 16.0 Å². The minimum absolute atomic E-state index is 0.0157. The molecule has 1 fully saturated rings. The molecular formula is C16H20N6O. The predicted octanol–water partition coefficient (Wildman–Crippen LogP) is 0.842. The van der Waals surface area contributed by atoms with E-state index in [9.17, 15) is 4.79 Å². The van der Waals surface area contributed by atoms with Gasteiger partial charge < -0.3 is 16.0 Å². The summed E-state index contributed by atoms with van der Waals surface area (Å²) in [7, 11) is 0. The van der Waals surface area contributed by atoms with Gasteiger partial charge in [0, 0.05) is 25.5 Å². The molecule has 1 amide bonds. The molecule has 120 valence electrons. The highest BCUT2D eigenvalue weighted by molar-refractivity contribution is 5.80. The van der Waals surface area contributed by atoms with Crippen molar-refractivity contribution in [1.82, 2.24) is 20.3 Å². The fourth-order valence-corrected chi connectivity index (χ4v) is 2.83. The van der Waals surface area contributed by atoms with Crippen LogP contribution >= 0.6 is 0 Å². The van der Waals surface area contributed by atoms with Crippen LogP contribution in [0.2, 0.25) is 0 Å². The molecule has 0 radical (unpaired) electrons. The molecule has 0 aliphatic carbocycles. The maximum atomic E-state index is 12.4. The van der Waals surface area contributed by atoms with Gasteiger partial charge in [0.2, 0.25) is 5.91 Å². The van der Waals surface area contributed by atoms with Crippen LogP contribution in [0.4, 0.5) is 11.6 Å². The Labute approximate surface area is 135 Å². The quantitative estimate of drug-likeness (QED) is 0.868. The minimum atomic E-state index is -0.0712. The fourth-order valence-electron chi connectivity index (χ4n) is 2.83. The Balaban J connectivity index is 1.59. The number of nitrogens with two attached hydrogens (primary N) is 1. The van der Waals surface area contributed by atoms with Crippen LogP contribution in [0.15, 0.2) is 36.7 Å². The van der Waals surface area contributed by atoms with Crippen LogP contribution in [0.1, 0.15) is 12.7 Å². The van der Waals surface area contributed by atoms with Gasteiger partial charge in [-0.1, -0.05) is 13.0 Å². The highest BCUT2D eigenvalue weighted by Crippen LogP contribution is 2.26. The number of pyridine rings is 1. The van der Waals surface area contributed by atoms with Crippen LogP contribution in [0.5, 0.6) is 0 Å². The van der Waals surface area contributed by atoms with Gasteiger partial charge in [-0.15, -0.1) is 0 Å². The molecule has 3 rings (SSSR count). The third kappa shape index (κ3) is 3.56. The number of carbonyl (C=O) groups excluding carboxylic acids is 1. The summed E-state index contributed by atoms with van der Waals surface area (Å²) < 4.78 is 0. The number of nitrogen functional groups attached to an aromatic ring is 1. The van der Waals surface area contributed by atoms with Gasteiger partial charge in [0.25, 0.3) is 0 Å². The first kappa shape index (κ1) is 15.2. The Morgan fingerprint density at radius 3 is 2.91 bits per heavy atom. The van der Waals surface area contributed by atoms with Crippen molar-refractivity contribution in [1.29, 1.82) is 0 Å². The molecule has 3 heterocycles. The van der Waals surface area contributed by atoms with E-state index >= 15 is 0 Å². The number of nitrogens with one attached hydrogen (secondary N) is 1. The summed E-state index contributed by atoms with van der Waals surface area (Å²) in [5, 5.41) is 2.90. The van der Waals surface area contributed by atoms with E-state index in [2.05, 4.69) is 32.1 Å². The molecule has 7 nitrogen and oxygen atoms in total. The Bertz CT molecular complexity index is 677. The van der Waals surface area contributed by atoms with Crippen LogP contribution in [0.3, 0.4) is 0 Å². The highest BCUT2D eigenvalue weighted by atomic mass is 16.2. The summed E-state index contributed by atoms with van der Waals surface area (Å²) in [5.41, 5.74) is 5.61. The largest absolute Gasteiger partial charge is 0.384 e. The fraction of sp³-hybridized carbons (Fsp3) is 0.375. The lowest BCUT2D eigenvalue weighted by molar-refractivity contribution is -0.125. The monoisotopic (exact) mass is 312 g/mol. The SMILES string of the molecule is C[C@@H]1CN(c2ccccn2)C[C@H]1C(=O)NCc1nccc(N)n1. The van der Waals surface area contributed by atoms with Gasteiger partial charge >= 0.3 is 0 Å². The van der Waals surface area contributed by atoms with Crippen molar-refractivity contribution in [3.63, 3.8) is 0 Å². The average molecular weight is 312 g/mol. The summed E-state index contributed by atoms with van der Waals surface area (Å²) in [6, 6.07) is 7.43. The van der Waals surface area contributed by atoms with Gasteiger partial charge in [-0.2, -0.15) is 0 Å². The first-order chi connectivity index (χ1) is 11.1. The van der Waals surface area contributed by atoms with Crippen molar-refractivity contribution in [2.24, 2.45) is 11.8 Å². The number of carbonyl (C=O) groups is 1. The van der Waals surface area contributed by atoms with Gasteiger partial charge in [-0.05, 0) is 24.1 Å². The van der Waals surface area contributed by atoms with E-state index in [1.807, 2.05) is 18.2 Å². The number of hydrogen-bond acceptors (Lipinski definition) is 6. The lowest BCUT2D eigenvalue weighted by Gasteiger charge is -2.16. The number of amides is 1. The molecule has 2 atom stereocenters. The standard InChI is InChI=1S/C16H20N6O/c1-11-9-22(15-4-2-3-6-19-15)10-12(11)16(23)20-8-14-18-7-5-13(17)21-14/h2-7,11-12H,8-10H2,1H3,(H,20,23)(H2,17,18,21)/t11-,12-/m1/s1. The van der Waals surface area contributed by atoms with Crippen molar-refractivity contribution >= 4 is 17.5 Å². The van der Waals surface area contributed by atoms with Gasteiger partial charge in [-0.25, -0.2) is 15.0 Å². The molecule has 1 saturated heterocycles. The van der Waals surface area contributed by atoms with Crippen molar-refractivity contribution in [2.75, 3.05) is 23.7 Å². The number of nitrogens with zero attached hydrogens (tertiary/aromatic N) is 4. The lowest BCUT2D eigenvalue weighted by atomic mass is 9.97. The molecule has 0 spiro atoms. The van der Waals surface area contributed by atoms with Gasteiger partial charge in [-0.3, -0.25) is 4.79 Å². The normalized spacial score (nSPS) is 20.5. The highest BCUT2D eigenvalue weighted by Gasteiger charge is 2.35. The molecule has 2 aromatic heterocycles. The summed E-state index contributed by atoms with van der Waals surface area (Å²) in [6.45, 7) is 3.87. The van der Waals surface area contributed by atoms with Gasteiger partial charge in [0.05, 0.1) is 12.5 Å². The van der Waals surface area contributed by atoms with E-state index in [-0.39, 0.29) is 24.3 Å². The molecule has 1 aliphatic rings. The summed E-state index contributed by atoms with van der Waals surface area (Å²) >= 11 is 0. The van der Waals surface area contributed by atoms with Crippen LogP contribution in [-0.4, -0.2) is 33.9 Å². The Morgan fingerprint density at radius 2 is 2.17 bits per heavy atom. The van der Waals surface area contributed by atoms with E-state index in [1.165, 1.54) is 0 Å². The van der Waals surface area contributed by atoms with Gasteiger partial charge in [0.1, 0.15) is 17.5 Å². The summed E-state index contributed by atoms with van der Waals surface area (Å²) in [6.07, 6.45) is 3.36. The molecule has 0 aromatic carbocycles. The van der Waals surface area contributed by atoms with Crippen LogP contribution in [0.25, 0.3) is 0 Å². The van der Waals surface area contributed by atoms with E-state index < -0.39 is 0 Å². The maximum absolute atomic E-state index is 12.4. The number of hydrogen-bond donors (Lipinski definition) is 2. The van der Waals surface area contributed by atoms with Crippen LogP contribution in [0, 0.1) is 11.8 Å².